The highest BCUT2D eigenvalue weighted by Gasteiger charge is 2.13. The fourth-order valence-corrected chi connectivity index (χ4v) is 3.92. The molecule has 0 spiro atoms. The number of hydrogen-bond acceptors (Lipinski definition) is 4. The summed E-state index contributed by atoms with van der Waals surface area (Å²) in [4.78, 5) is 25.4. The Hall–Kier alpha value is -4.44. The van der Waals surface area contributed by atoms with Crippen LogP contribution in [0, 0.1) is 0 Å². The maximum absolute atomic E-state index is 12.7. The maximum atomic E-state index is 12.7. The Morgan fingerprint density at radius 2 is 0.882 bits per heavy atom. The van der Waals surface area contributed by atoms with Crippen molar-refractivity contribution in [2.24, 2.45) is 0 Å². The molecule has 4 nitrogen and oxygen atoms in total. The first-order valence-electron chi connectivity index (χ1n) is 11.1. The summed E-state index contributed by atoms with van der Waals surface area (Å²) >= 11 is 0. The standard InChI is InChI=1S/C30H22O4/c31-29(33-19-21-7-3-1-4-8-21)25-15-13-23-11-12-24-14-16-26(18-28(24)27(23)17-25)30(32)34-20-22-9-5-2-6-10-22/h1-18H,19-20H2. The van der Waals surface area contributed by atoms with Crippen LogP contribution in [0.15, 0.2) is 109 Å². The van der Waals surface area contributed by atoms with E-state index in [9.17, 15) is 9.59 Å². The van der Waals surface area contributed by atoms with Crippen LogP contribution in [0.25, 0.3) is 21.5 Å². The maximum Gasteiger partial charge on any atom is 0.338 e. The van der Waals surface area contributed by atoms with E-state index in [0.29, 0.717) is 11.1 Å². The van der Waals surface area contributed by atoms with E-state index in [1.807, 2.05) is 97.1 Å². The summed E-state index contributed by atoms with van der Waals surface area (Å²) in [5.74, 6) is -0.776. The molecule has 0 saturated carbocycles. The number of carbonyl (C=O) groups is 2. The van der Waals surface area contributed by atoms with Crippen molar-refractivity contribution in [3.63, 3.8) is 0 Å². The summed E-state index contributed by atoms with van der Waals surface area (Å²) in [7, 11) is 0. The Morgan fingerprint density at radius 3 is 1.29 bits per heavy atom. The molecule has 0 saturated heterocycles. The van der Waals surface area contributed by atoms with Crippen molar-refractivity contribution >= 4 is 33.5 Å². The van der Waals surface area contributed by atoms with Crippen LogP contribution in [-0.2, 0) is 22.7 Å². The number of fused-ring (bicyclic) bond motifs is 3. The van der Waals surface area contributed by atoms with E-state index >= 15 is 0 Å². The van der Waals surface area contributed by atoms with Gasteiger partial charge in [0.2, 0.25) is 0 Å². The van der Waals surface area contributed by atoms with E-state index < -0.39 is 0 Å². The van der Waals surface area contributed by atoms with Gasteiger partial charge in [0.05, 0.1) is 11.1 Å². The topological polar surface area (TPSA) is 52.6 Å². The first-order chi connectivity index (χ1) is 16.7. The predicted octanol–water partition coefficient (Wildman–Crippen LogP) is 6.71. The number of carbonyl (C=O) groups excluding carboxylic acids is 2. The third-order valence-electron chi connectivity index (χ3n) is 5.74. The third kappa shape index (κ3) is 4.66. The molecule has 0 aliphatic carbocycles. The fraction of sp³-hybridized carbons (Fsp3) is 0.0667. The van der Waals surface area contributed by atoms with Crippen LogP contribution in [0.5, 0.6) is 0 Å². The molecule has 0 fully saturated rings. The highest BCUT2D eigenvalue weighted by atomic mass is 16.5. The van der Waals surface area contributed by atoms with Crippen molar-refractivity contribution in [3.05, 3.63) is 131 Å². The van der Waals surface area contributed by atoms with Gasteiger partial charge in [-0.2, -0.15) is 0 Å². The van der Waals surface area contributed by atoms with Crippen LogP contribution < -0.4 is 0 Å². The Kier molecular flexibility index (Phi) is 6.04. The van der Waals surface area contributed by atoms with E-state index in [1.165, 1.54) is 0 Å². The van der Waals surface area contributed by atoms with Crippen LogP contribution >= 0.6 is 0 Å². The average Bonchev–Trinajstić information content (AvgIpc) is 2.90. The van der Waals surface area contributed by atoms with Crippen LogP contribution in [-0.4, -0.2) is 11.9 Å². The highest BCUT2D eigenvalue weighted by Crippen LogP contribution is 2.28. The molecule has 34 heavy (non-hydrogen) atoms. The smallest absolute Gasteiger partial charge is 0.338 e. The zero-order valence-electron chi connectivity index (χ0n) is 18.4. The zero-order valence-corrected chi connectivity index (χ0v) is 18.4. The first kappa shape index (κ1) is 21.4. The van der Waals surface area contributed by atoms with Crippen LogP contribution in [0.4, 0.5) is 0 Å². The van der Waals surface area contributed by atoms with Crippen molar-refractivity contribution in [1.82, 2.24) is 0 Å². The minimum absolute atomic E-state index is 0.213. The Balaban J connectivity index is 1.41. The molecule has 0 aliphatic heterocycles. The van der Waals surface area contributed by atoms with Gasteiger partial charge >= 0.3 is 11.9 Å². The van der Waals surface area contributed by atoms with Gasteiger partial charge in [0.1, 0.15) is 13.2 Å². The molecule has 0 aliphatic rings. The molecule has 0 aromatic heterocycles. The van der Waals surface area contributed by atoms with Crippen molar-refractivity contribution in [3.8, 4) is 0 Å². The summed E-state index contributed by atoms with van der Waals surface area (Å²) < 4.78 is 11.0. The lowest BCUT2D eigenvalue weighted by Gasteiger charge is -2.10. The Bertz CT molecular complexity index is 1360. The molecule has 0 atom stereocenters. The number of hydrogen-bond donors (Lipinski definition) is 0. The Morgan fingerprint density at radius 1 is 0.500 bits per heavy atom. The van der Waals surface area contributed by atoms with Crippen LogP contribution in [0.1, 0.15) is 31.8 Å². The summed E-state index contributed by atoms with van der Waals surface area (Å²) in [5, 5.41) is 3.71. The normalized spacial score (nSPS) is 10.8. The van der Waals surface area contributed by atoms with E-state index in [2.05, 4.69) is 0 Å². The minimum atomic E-state index is -0.388. The molecule has 166 valence electrons. The van der Waals surface area contributed by atoms with Gasteiger partial charge in [0, 0.05) is 0 Å². The summed E-state index contributed by atoms with van der Waals surface area (Å²) in [6.07, 6.45) is 0. The number of benzene rings is 5. The van der Waals surface area contributed by atoms with Gasteiger partial charge in [-0.25, -0.2) is 9.59 Å². The summed E-state index contributed by atoms with van der Waals surface area (Å²) in [5.41, 5.74) is 2.79. The number of rotatable bonds is 6. The average molecular weight is 447 g/mol. The van der Waals surface area contributed by atoms with Gasteiger partial charge in [0.25, 0.3) is 0 Å². The highest BCUT2D eigenvalue weighted by molar-refractivity contribution is 6.11. The van der Waals surface area contributed by atoms with Gasteiger partial charge < -0.3 is 9.47 Å². The second-order valence-corrected chi connectivity index (χ2v) is 8.06. The lowest BCUT2D eigenvalue weighted by molar-refractivity contribution is 0.0464. The molecule has 5 rings (SSSR count). The molecule has 0 amide bonds. The molecule has 4 heteroatoms. The summed E-state index contributed by atoms with van der Waals surface area (Å²) in [6.45, 7) is 0.426. The predicted molar refractivity (Wildman–Crippen MR) is 133 cm³/mol. The monoisotopic (exact) mass is 446 g/mol. The quantitative estimate of drug-likeness (QED) is 0.215. The van der Waals surface area contributed by atoms with E-state index in [1.54, 1.807) is 12.1 Å². The van der Waals surface area contributed by atoms with Crippen molar-refractivity contribution in [2.45, 2.75) is 13.2 Å². The third-order valence-corrected chi connectivity index (χ3v) is 5.74. The molecule has 0 heterocycles. The molecule has 5 aromatic carbocycles. The van der Waals surface area contributed by atoms with Crippen LogP contribution in [0.2, 0.25) is 0 Å². The van der Waals surface area contributed by atoms with Gasteiger partial charge in [-0.1, -0.05) is 84.9 Å². The molecule has 0 N–H and O–H groups in total. The lowest BCUT2D eigenvalue weighted by atomic mass is 9.98. The summed E-state index contributed by atoms with van der Waals surface area (Å²) in [6, 6.07) is 34.1. The van der Waals surface area contributed by atoms with E-state index in [4.69, 9.17) is 9.47 Å². The molecule has 0 unspecified atom stereocenters. The second-order valence-electron chi connectivity index (χ2n) is 8.06. The minimum Gasteiger partial charge on any atom is -0.457 e. The first-order valence-corrected chi connectivity index (χ1v) is 11.1. The van der Waals surface area contributed by atoms with E-state index in [0.717, 1.165) is 32.7 Å². The zero-order chi connectivity index (χ0) is 23.3. The van der Waals surface area contributed by atoms with Crippen molar-refractivity contribution < 1.29 is 19.1 Å². The van der Waals surface area contributed by atoms with Gasteiger partial charge in [-0.15, -0.1) is 0 Å². The van der Waals surface area contributed by atoms with Gasteiger partial charge in [-0.3, -0.25) is 0 Å². The molecule has 0 bridgehead atoms. The van der Waals surface area contributed by atoms with Gasteiger partial charge in [-0.05, 0) is 56.9 Å². The number of esters is 2. The Labute approximate surface area is 197 Å². The van der Waals surface area contributed by atoms with Gasteiger partial charge in [0.15, 0.2) is 0 Å². The molecule has 5 aromatic rings. The SMILES string of the molecule is O=C(OCc1ccccc1)c1ccc2ccc3ccc(C(=O)OCc4ccccc4)cc3c2c1. The van der Waals surface area contributed by atoms with Crippen molar-refractivity contribution in [2.75, 3.05) is 0 Å². The van der Waals surface area contributed by atoms with Crippen molar-refractivity contribution in [1.29, 1.82) is 0 Å². The largest absolute Gasteiger partial charge is 0.457 e. The molecular formula is C30H22O4. The van der Waals surface area contributed by atoms with E-state index in [-0.39, 0.29) is 25.2 Å². The number of ether oxygens (including phenoxy) is 2. The lowest BCUT2D eigenvalue weighted by Crippen LogP contribution is -2.06. The second kappa shape index (κ2) is 9.59. The van der Waals surface area contributed by atoms with Crippen LogP contribution in [0.3, 0.4) is 0 Å². The molecule has 0 radical (unpaired) electrons. The fourth-order valence-electron chi connectivity index (χ4n) is 3.92. The molecular weight excluding hydrogens is 424 g/mol.